The molecule has 4 atom stereocenters. The lowest BCUT2D eigenvalue weighted by Gasteiger charge is -2.27. The molecule has 3 N–H and O–H groups in total. The zero-order chi connectivity index (χ0) is 28.7. The first-order valence-electron chi connectivity index (χ1n) is 14.5. The molecule has 2 aliphatic carbocycles. The van der Waals surface area contributed by atoms with Gasteiger partial charge < -0.3 is 20.0 Å². The highest BCUT2D eigenvalue weighted by Crippen LogP contribution is 2.36. The number of H-pyrrole nitrogens is 2. The maximum Gasteiger partial charge on any atom is 0.410 e. The molecule has 41 heavy (non-hydrogen) atoms. The van der Waals surface area contributed by atoms with Crippen molar-refractivity contribution < 1.29 is 9.53 Å². The van der Waals surface area contributed by atoms with Gasteiger partial charge in [0.1, 0.15) is 17.2 Å². The van der Waals surface area contributed by atoms with Gasteiger partial charge in [0, 0.05) is 23.2 Å². The third-order valence-electron chi connectivity index (χ3n) is 7.76. The fourth-order valence-corrected chi connectivity index (χ4v) is 5.06. The number of rotatable bonds is 7. The Bertz CT molecular complexity index is 1620. The topological polar surface area (TPSA) is 98.9 Å². The van der Waals surface area contributed by atoms with E-state index < -0.39 is 5.60 Å². The number of imidazole rings is 2. The standard InChI is InChI=1S/C33H38N6O2/c1-20-14-26(20)34-18-30-36-25-13-10-23(16-27(25)37-30)7-6-22-8-11-24(12-9-22)28-17-35-31(38-28)19-39(29-15-21(29)2)32(40)41-33(3,4)5/h8-13,16-17,20-21,26,29,34H,14-15,18-19H2,1-5H3,(H,35,38)(H,36,37)/t20?,21?,26?,29-/m1/s1. The molecule has 0 bridgehead atoms. The number of amides is 1. The fourth-order valence-electron chi connectivity index (χ4n) is 5.06. The SMILES string of the molecule is CC1CC1NCc1nc2ccc(C#Cc3ccc(-c4cnc(CN(C(=O)OC(C)(C)C)[C@@H]5CC5C)[nH]4)cc3)cc2[nH]1. The molecule has 2 heterocycles. The van der Waals surface area contributed by atoms with Crippen molar-refractivity contribution in [1.29, 1.82) is 0 Å². The Kier molecular flexibility index (Phi) is 7.08. The van der Waals surface area contributed by atoms with Crippen molar-refractivity contribution in [2.45, 2.75) is 78.2 Å². The minimum absolute atomic E-state index is 0.195. The molecule has 2 fully saturated rings. The van der Waals surface area contributed by atoms with Crippen LogP contribution in [0.25, 0.3) is 22.3 Å². The molecule has 2 saturated carbocycles. The van der Waals surface area contributed by atoms with E-state index in [1.165, 1.54) is 6.42 Å². The third kappa shape index (κ3) is 6.63. The van der Waals surface area contributed by atoms with Gasteiger partial charge in [0.2, 0.25) is 0 Å². The lowest BCUT2D eigenvalue weighted by Crippen LogP contribution is -2.38. The van der Waals surface area contributed by atoms with Crippen LogP contribution in [0.3, 0.4) is 0 Å². The Hall–Kier alpha value is -4.09. The quantitative estimate of drug-likeness (QED) is 0.245. The summed E-state index contributed by atoms with van der Waals surface area (Å²) in [4.78, 5) is 30.7. The first kappa shape index (κ1) is 27.1. The molecule has 212 valence electrons. The zero-order valence-corrected chi connectivity index (χ0v) is 24.4. The van der Waals surface area contributed by atoms with E-state index in [9.17, 15) is 4.79 Å². The predicted molar refractivity (Wildman–Crippen MR) is 160 cm³/mol. The Morgan fingerprint density at radius 2 is 1.73 bits per heavy atom. The van der Waals surface area contributed by atoms with Gasteiger partial charge in [0.05, 0.1) is 36.0 Å². The second kappa shape index (κ2) is 10.7. The molecule has 8 heteroatoms. The maximum atomic E-state index is 12.8. The molecule has 0 radical (unpaired) electrons. The van der Waals surface area contributed by atoms with E-state index in [0.717, 1.165) is 63.9 Å². The number of nitrogens with zero attached hydrogens (tertiary/aromatic N) is 3. The number of benzene rings is 2. The van der Waals surface area contributed by atoms with E-state index in [1.807, 2.05) is 63.4 Å². The number of aromatic amines is 2. The van der Waals surface area contributed by atoms with Crippen LogP contribution in [-0.2, 0) is 17.8 Å². The van der Waals surface area contributed by atoms with Crippen LogP contribution in [0.1, 0.15) is 70.2 Å². The summed E-state index contributed by atoms with van der Waals surface area (Å²) in [5, 5.41) is 3.54. The molecule has 4 aromatic rings. The molecule has 6 rings (SSSR count). The summed E-state index contributed by atoms with van der Waals surface area (Å²) in [5.74, 6) is 9.49. The van der Waals surface area contributed by atoms with Crippen LogP contribution in [0.2, 0.25) is 0 Å². The Labute approximate surface area is 241 Å². The normalized spacial score (nSPS) is 21.3. The summed E-state index contributed by atoms with van der Waals surface area (Å²) in [6, 6.07) is 15.0. The van der Waals surface area contributed by atoms with Gasteiger partial charge in [0.25, 0.3) is 0 Å². The number of ether oxygens (including phenoxy) is 1. The van der Waals surface area contributed by atoms with E-state index in [1.54, 1.807) is 4.90 Å². The van der Waals surface area contributed by atoms with Gasteiger partial charge in [-0.05, 0) is 81.3 Å². The van der Waals surface area contributed by atoms with Gasteiger partial charge in [-0.25, -0.2) is 14.8 Å². The van der Waals surface area contributed by atoms with Crippen molar-refractivity contribution in [1.82, 2.24) is 30.2 Å². The van der Waals surface area contributed by atoms with Crippen LogP contribution in [0, 0.1) is 23.7 Å². The molecule has 2 aromatic carbocycles. The summed E-state index contributed by atoms with van der Waals surface area (Å²) >= 11 is 0. The highest BCUT2D eigenvalue weighted by Gasteiger charge is 2.42. The van der Waals surface area contributed by atoms with Crippen molar-refractivity contribution in [3.63, 3.8) is 0 Å². The molecule has 0 spiro atoms. The summed E-state index contributed by atoms with van der Waals surface area (Å²) in [6.07, 6.45) is 3.76. The van der Waals surface area contributed by atoms with Gasteiger partial charge in [-0.1, -0.05) is 37.8 Å². The molecule has 8 nitrogen and oxygen atoms in total. The second-order valence-electron chi connectivity index (χ2n) is 12.6. The van der Waals surface area contributed by atoms with Crippen molar-refractivity contribution >= 4 is 17.1 Å². The molecular weight excluding hydrogens is 512 g/mol. The Morgan fingerprint density at radius 1 is 1.02 bits per heavy atom. The molecule has 2 aliphatic rings. The summed E-state index contributed by atoms with van der Waals surface area (Å²) in [5.41, 5.74) is 5.22. The largest absolute Gasteiger partial charge is 0.444 e. The number of aromatic nitrogens is 4. The molecule has 0 aliphatic heterocycles. The van der Waals surface area contributed by atoms with Gasteiger partial charge in [-0.3, -0.25) is 4.90 Å². The monoisotopic (exact) mass is 550 g/mol. The smallest absolute Gasteiger partial charge is 0.410 e. The van der Waals surface area contributed by atoms with Crippen molar-refractivity contribution in [2.75, 3.05) is 0 Å². The maximum absolute atomic E-state index is 12.8. The van der Waals surface area contributed by atoms with E-state index in [0.29, 0.717) is 18.5 Å². The van der Waals surface area contributed by atoms with Gasteiger partial charge in [-0.2, -0.15) is 0 Å². The number of carbonyl (C=O) groups excluding carboxylic acids is 1. The molecular formula is C33H38N6O2. The van der Waals surface area contributed by atoms with Crippen molar-refractivity contribution in [3.8, 4) is 23.1 Å². The van der Waals surface area contributed by atoms with Crippen molar-refractivity contribution in [2.24, 2.45) is 11.8 Å². The molecule has 3 unspecified atom stereocenters. The fraction of sp³-hybridized carbons (Fsp3) is 0.424. The Balaban J connectivity index is 1.09. The number of hydrogen-bond acceptors (Lipinski definition) is 5. The van der Waals surface area contributed by atoms with E-state index >= 15 is 0 Å². The third-order valence-corrected chi connectivity index (χ3v) is 7.76. The van der Waals surface area contributed by atoms with Gasteiger partial charge >= 0.3 is 6.09 Å². The van der Waals surface area contributed by atoms with E-state index in [2.05, 4.69) is 52.0 Å². The number of hydrogen-bond donors (Lipinski definition) is 3. The summed E-state index contributed by atoms with van der Waals surface area (Å²) in [7, 11) is 0. The predicted octanol–water partition coefficient (Wildman–Crippen LogP) is 6.00. The first-order chi connectivity index (χ1) is 19.6. The first-order valence-corrected chi connectivity index (χ1v) is 14.5. The molecule has 1 amide bonds. The molecule has 2 aromatic heterocycles. The van der Waals surface area contributed by atoms with Crippen molar-refractivity contribution in [3.05, 3.63) is 71.4 Å². The minimum Gasteiger partial charge on any atom is -0.444 e. The second-order valence-corrected chi connectivity index (χ2v) is 12.6. The van der Waals surface area contributed by atoms with Crippen LogP contribution in [0.4, 0.5) is 4.79 Å². The highest BCUT2D eigenvalue weighted by molar-refractivity contribution is 5.77. The van der Waals surface area contributed by atoms with E-state index in [4.69, 9.17) is 9.72 Å². The summed E-state index contributed by atoms with van der Waals surface area (Å²) in [6.45, 7) is 11.2. The number of fused-ring (bicyclic) bond motifs is 1. The van der Waals surface area contributed by atoms with Crippen LogP contribution in [0.15, 0.2) is 48.7 Å². The van der Waals surface area contributed by atoms with Crippen LogP contribution < -0.4 is 5.32 Å². The molecule has 0 saturated heterocycles. The van der Waals surface area contributed by atoms with Gasteiger partial charge in [0.15, 0.2) is 0 Å². The zero-order valence-electron chi connectivity index (χ0n) is 24.4. The average molecular weight is 551 g/mol. The van der Waals surface area contributed by atoms with Crippen LogP contribution in [-0.4, -0.2) is 48.6 Å². The Morgan fingerprint density at radius 3 is 2.41 bits per heavy atom. The minimum atomic E-state index is -0.534. The van der Waals surface area contributed by atoms with Crippen LogP contribution >= 0.6 is 0 Å². The number of carbonyl (C=O) groups is 1. The lowest BCUT2D eigenvalue weighted by molar-refractivity contribution is 0.0203. The van der Waals surface area contributed by atoms with Gasteiger partial charge in [-0.15, -0.1) is 0 Å². The number of nitrogens with one attached hydrogen (secondary N) is 3. The summed E-state index contributed by atoms with van der Waals surface area (Å²) < 4.78 is 5.65. The lowest BCUT2D eigenvalue weighted by atomic mass is 10.1. The van der Waals surface area contributed by atoms with Crippen LogP contribution in [0.5, 0.6) is 0 Å². The average Bonchev–Trinajstić information content (AvgIpc) is 3.68. The van der Waals surface area contributed by atoms with E-state index in [-0.39, 0.29) is 12.1 Å². The highest BCUT2D eigenvalue weighted by atomic mass is 16.6.